The largest absolute Gasteiger partial charge is 0.481 e. The van der Waals surface area contributed by atoms with Crippen LogP contribution < -0.4 is 11.1 Å². The van der Waals surface area contributed by atoms with Crippen molar-refractivity contribution in [3.05, 3.63) is 23.9 Å². The number of aliphatic carboxylic acids is 1. The summed E-state index contributed by atoms with van der Waals surface area (Å²) in [5, 5.41) is 12.6. The number of anilines is 1. The lowest BCUT2D eigenvalue weighted by Gasteiger charge is -2.28. The number of pyridine rings is 1. The van der Waals surface area contributed by atoms with Gasteiger partial charge in [0.05, 0.1) is 11.0 Å². The van der Waals surface area contributed by atoms with Gasteiger partial charge in [-0.25, -0.2) is 4.98 Å². The van der Waals surface area contributed by atoms with Gasteiger partial charge < -0.3 is 16.2 Å². The van der Waals surface area contributed by atoms with Crippen molar-refractivity contribution in [1.82, 2.24) is 4.98 Å². The van der Waals surface area contributed by atoms with Crippen molar-refractivity contribution in [2.45, 2.75) is 38.5 Å². The second-order valence-electron chi connectivity index (χ2n) is 5.62. The van der Waals surface area contributed by atoms with Gasteiger partial charge in [-0.3, -0.25) is 9.59 Å². The van der Waals surface area contributed by atoms with Crippen molar-refractivity contribution >= 4 is 17.7 Å². The van der Waals surface area contributed by atoms with E-state index in [-0.39, 0.29) is 12.1 Å². The van der Waals surface area contributed by atoms with Gasteiger partial charge in [0.25, 0.3) is 5.91 Å². The number of nitrogens with two attached hydrogens (primary N) is 1. The number of amides is 1. The third kappa shape index (κ3) is 3.51. The molecule has 1 fully saturated rings. The van der Waals surface area contributed by atoms with Crippen LogP contribution in [0, 0.1) is 5.41 Å². The lowest BCUT2D eigenvalue weighted by atomic mass is 9.80. The van der Waals surface area contributed by atoms with E-state index in [1.807, 2.05) is 0 Å². The van der Waals surface area contributed by atoms with Crippen molar-refractivity contribution < 1.29 is 14.7 Å². The van der Waals surface area contributed by atoms with Gasteiger partial charge in [0.2, 0.25) is 0 Å². The quantitative estimate of drug-likeness (QED) is 0.720. The van der Waals surface area contributed by atoms with Crippen LogP contribution in [0.2, 0.25) is 0 Å². The average molecular weight is 291 g/mol. The van der Waals surface area contributed by atoms with E-state index in [1.54, 1.807) is 18.3 Å². The highest BCUT2D eigenvalue weighted by molar-refractivity contribution is 5.97. The summed E-state index contributed by atoms with van der Waals surface area (Å²) in [5.74, 6) is -1.00. The molecule has 4 N–H and O–H groups in total. The predicted molar refractivity (Wildman–Crippen MR) is 79.0 cm³/mol. The first-order valence-corrected chi connectivity index (χ1v) is 7.27. The highest BCUT2D eigenvalue weighted by Gasteiger charge is 2.38. The molecule has 0 radical (unpaired) electrons. The van der Waals surface area contributed by atoms with Gasteiger partial charge >= 0.3 is 5.97 Å². The average Bonchev–Trinajstić information content (AvgIpc) is 2.72. The molecule has 0 saturated heterocycles. The van der Waals surface area contributed by atoms with E-state index < -0.39 is 17.3 Å². The molecule has 1 aliphatic rings. The van der Waals surface area contributed by atoms with E-state index in [4.69, 9.17) is 5.73 Å². The summed E-state index contributed by atoms with van der Waals surface area (Å²) in [6, 6.07) is 3.21. The molecular weight excluding hydrogens is 270 g/mol. The monoisotopic (exact) mass is 291 g/mol. The standard InChI is InChI=1S/C15H21N3O3/c16-12(19)11-6-5-9-17-13(11)18-10-15(14(20)21)7-3-1-2-4-8-15/h5-6,9H,1-4,7-8,10H2,(H2,16,19)(H,17,18)(H,20,21). The van der Waals surface area contributed by atoms with Crippen molar-refractivity contribution in [2.24, 2.45) is 11.1 Å². The molecule has 0 spiro atoms. The maximum absolute atomic E-state index is 11.7. The number of carboxylic acid groups (broad SMARTS) is 1. The van der Waals surface area contributed by atoms with Gasteiger partial charge in [-0.2, -0.15) is 0 Å². The number of aromatic nitrogens is 1. The van der Waals surface area contributed by atoms with Crippen LogP contribution in [0.25, 0.3) is 0 Å². The van der Waals surface area contributed by atoms with Gasteiger partial charge in [-0.15, -0.1) is 0 Å². The molecule has 21 heavy (non-hydrogen) atoms. The molecule has 1 aliphatic carbocycles. The van der Waals surface area contributed by atoms with Gasteiger partial charge in [0, 0.05) is 12.7 Å². The highest BCUT2D eigenvalue weighted by atomic mass is 16.4. The summed E-state index contributed by atoms with van der Waals surface area (Å²) in [5.41, 5.74) is 4.80. The molecular formula is C15H21N3O3. The zero-order valence-corrected chi connectivity index (χ0v) is 12.0. The Hall–Kier alpha value is -2.11. The zero-order valence-electron chi connectivity index (χ0n) is 12.0. The predicted octanol–water partition coefficient (Wildman–Crippen LogP) is 2.02. The Kier molecular flexibility index (Phi) is 4.77. The van der Waals surface area contributed by atoms with Crippen molar-refractivity contribution in [2.75, 3.05) is 11.9 Å². The van der Waals surface area contributed by atoms with Crippen LogP contribution in [0.15, 0.2) is 18.3 Å². The summed E-state index contributed by atoms with van der Waals surface area (Å²) in [7, 11) is 0. The van der Waals surface area contributed by atoms with Crippen LogP contribution in [-0.4, -0.2) is 28.5 Å². The molecule has 1 aromatic heterocycles. The van der Waals surface area contributed by atoms with E-state index in [9.17, 15) is 14.7 Å². The second-order valence-corrected chi connectivity index (χ2v) is 5.62. The summed E-state index contributed by atoms with van der Waals surface area (Å²) in [6.07, 6.45) is 6.82. The molecule has 1 heterocycles. The molecule has 6 nitrogen and oxygen atoms in total. The lowest BCUT2D eigenvalue weighted by molar-refractivity contribution is -0.149. The molecule has 114 valence electrons. The highest BCUT2D eigenvalue weighted by Crippen LogP contribution is 2.35. The molecule has 6 heteroatoms. The molecule has 1 amide bonds. The van der Waals surface area contributed by atoms with E-state index in [1.165, 1.54) is 0 Å². The number of hydrogen-bond acceptors (Lipinski definition) is 4. The zero-order chi connectivity index (χ0) is 15.3. The van der Waals surface area contributed by atoms with E-state index >= 15 is 0 Å². The fourth-order valence-electron chi connectivity index (χ4n) is 2.87. The molecule has 1 aromatic rings. The van der Waals surface area contributed by atoms with Crippen LogP contribution >= 0.6 is 0 Å². The molecule has 0 aromatic carbocycles. The first kappa shape index (κ1) is 15.3. The fraction of sp³-hybridized carbons (Fsp3) is 0.533. The van der Waals surface area contributed by atoms with E-state index in [0.717, 1.165) is 25.7 Å². The molecule has 0 atom stereocenters. The number of hydrogen-bond donors (Lipinski definition) is 3. The molecule has 0 bridgehead atoms. The summed E-state index contributed by atoms with van der Waals surface area (Å²) < 4.78 is 0. The maximum Gasteiger partial charge on any atom is 0.311 e. The molecule has 1 saturated carbocycles. The van der Waals surface area contributed by atoms with Crippen molar-refractivity contribution in [1.29, 1.82) is 0 Å². The fourth-order valence-corrected chi connectivity index (χ4v) is 2.87. The summed E-state index contributed by atoms with van der Waals surface area (Å²) >= 11 is 0. The Balaban J connectivity index is 2.16. The Morgan fingerprint density at radius 3 is 2.52 bits per heavy atom. The van der Waals surface area contributed by atoms with Crippen LogP contribution in [0.3, 0.4) is 0 Å². The maximum atomic E-state index is 11.7. The topological polar surface area (TPSA) is 105 Å². The van der Waals surface area contributed by atoms with E-state index in [0.29, 0.717) is 18.7 Å². The van der Waals surface area contributed by atoms with Crippen molar-refractivity contribution in [3.63, 3.8) is 0 Å². The minimum Gasteiger partial charge on any atom is -0.481 e. The van der Waals surface area contributed by atoms with Gasteiger partial charge in [-0.05, 0) is 25.0 Å². The molecule has 2 rings (SSSR count). The molecule has 0 aliphatic heterocycles. The summed E-state index contributed by atoms with van der Waals surface area (Å²) in [4.78, 5) is 27.2. The Morgan fingerprint density at radius 1 is 1.29 bits per heavy atom. The normalized spacial score (nSPS) is 17.7. The van der Waals surface area contributed by atoms with Crippen LogP contribution in [0.1, 0.15) is 48.9 Å². The minimum absolute atomic E-state index is 0.264. The SMILES string of the molecule is NC(=O)c1cccnc1NCC1(C(=O)O)CCCCCC1. The van der Waals surface area contributed by atoms with Crippen LogP contribution in [0.4, 0.5) is 5.82 Å². The number of carboxylic acids is 1. The van der Waals surface area contributed by atoms with Gasteiger partial charge in [-0.1, -0.05) is 25.7 Å². The smallest absolute Gasteiger partial charge is 0.311 e. The van der Waals surface area contributed by atoms with Crippen LogP contribution in [-0.2, 0) is 4.79 Å². The number of rotatable bonds is 5. The summed E-state index contributed by atoms with van der Waals surface area (Å²) in [6.45, 7) is 0.264. The first-order valence-electron chi connectivity index (χ1n) is 7.27. The molecule has 0 unspecified atom stereocenters. The van der Waals surface area contributed by atoms with Crippen LogP contribution in [0.5, 0.6) is 0 Å². The Labute approximate surface area is 123 Å². The number of carbonyl (C=O) groups excluding carboxylic acids is 1. The first-order chi connectivity index (χ1) is 10.1. The van der Waals surface area contributed by atoms with Gasteiger partial charge in [0.1, 0.15) is 5.82 Å². The third-order valence-corrected chi connectivity index (χ3v) is 4.18. The number of nitrogens with one attached hydrogen (secondary N) is 1. The second kappa shape index (κ2) is 6.56. The van der Waals surface area contributed by atoms with Crippen molar-refractivity contribution in [3.8, 4) is 0 Å². The Bertz CT molecular complexity index is 523. The van der Waals surface area contributed by atoms with E-state index in [2.05, 4.69) is 10.3 Å². The lowest BCUT2D eigenvalue weighted by Crippen LogP contribution is -2.38. The third-order valence-electron chi connectivity index (χ3n) is 4.18. The Morgan fingerprint density at radius 2 is 1.95 bits per heavy atom. The number of carbonyl (C=O) groups is 2. The van der Waals surface area contributed by atoms with Gasteiger partial charge in [0.15, 0.2) is 0 Å². The minimum atomic E-state index is -0.789. The number of nitrogens with zero attached hydrogens (tertiary/aromatic N) is 1. The number of primary amides is 1.